The fourth-order valence-electron chi connectivity index (χ4n) is 3.36. The average Bonchev–Trinajstić information content (AvgIpc) is 2.84. The van der Waals surface area contributed by atoms with E-state index in [1.807, 2.05) is 79.7 Å². The van der Waals surface area contributed by atoms with E-state index in [1.165, 1.54) is 11.8 Å². The minimum atomic E-state index is -0.182. The zero-order valence-corrected chi connectivity index (χ0v) is 21.3. The maximum Gasteiger partial charge on any atom is 0.234 e. The number of aryl methyl sites for hydroxylation is 1. The number of pyridine rings is 1. The quantitative estimate of drug-likeness (QED) is 0.250. The molecule has 0 fully saturated rings. The molecule has 0 radical (unpaired) electrons. The van der Waals surface area contributed by atoms with Gasteiger partial charge in [-0.25, -0.2) is 4.98 Å². The first-order chi connectivity index (χ1) is 16.4. The molecule has 4 aromatic rings. The highest BCUT2D eigenvalue weighted by molar-refractivity contribution is 9.10. The molecule has 0 saturated carbocycles. The van der Waals surface area contributed by atoms with Crippen molar-refractivity contribution in [1.29, 1.82) is 5.26 Å². The predicted molar refractivity (Wildman–Crippen MR) is 143 cm³/mol. The van der Waals surface area contributed by atoms with Gasteiger partial charge in [-0.05, 0) is 43.3 Å². The second kappa shape index (κ2) is 10.9. The van der Waals surface area contributed by atoms with Gasteiger partial charge in [0.2, 0.25) is 5.91 Å². The van der Waals surface area contributed by atoms with E-state index < -0.39 is 0 Å². The zero-order valence-electron chi connectivity index (χ0n) is 18.2. The van der Waals surface area contributed by atoms with Crippen molar-refractivity contribution in [3.05, 3.63) is 99.5 Å². The molecule has 0 aliphatic carbocycles. The normalized spacial score (nSPS) is 10.5. The van der Waals surface area contributed by atoms with Crippen molar-refractivity contribution < 1.29 is 4.79 Å². The van der Waals surface area contributed by atoms with Gasteiger partial charge in [0.05, 0.1) is 17.0 Å². The Morgan fingerprint density at radius 3 is 2.44 bits per heavy atom. The summed E-state index contributed by atoms with van der Waals surface area (Å²) in [6.07, 6.45) is 0. The fourth-order valence-corrected chi connectivity index (χ4v) is 4.67. The molecular formula is C27H19BrClN3OS. The number of amides is 1. The molecule has 168 valence electrons. The van der Waals surface area contributed by atoms with Gasteiger partial charge in [-0.2, -0.15) is 5.26 Å². The molecule has 0 saturated heterocycles. The van der Waals surface area contributed by atoms with Crippen LogP contribution in [0.1, 0.15) is 11.1 Å². The van der Waals surface area contributed by atoms with Crippen LogP contribution in [0.4, 0.5) is 5.69 Å². The summed E-state index contributed by atoms with van der Waals surface area (Å²) in [5.74, 6) is -0.0742. The summed E-state index contributed by atoms with van der Waals surface area (Å²) in [5.41, 5.74) is 5.31. The number of thioether (sulfide) groups is 1. The van der Waals surface area contributed by atoms with Crippen LogP contribution in [-0.2, 0) is 4.79 Å². The molecular weight excluding hydrogens is 530 g/mol. The first-order valence-corrected chi connectivity index (χ1v) is 12.6. The van der Waals surface area contributed by atoms with Crippen LogP contribution in [0.25, 0.3) is 22.4 Å². The van der Waals surface area contributed by atoms with Gasteiger partial charge in [-0.1, -0.05) is 87.3 Å². The van der Waals surface area contributed by atoms with E-state index in [0.29, 0.717) is 32.6 Å². The summed E-state index contributed by atoms with van der Waals surface area (Å²) in [5, 5.41) is 13.9. The molecule has 0 unspecified atom stereocenters. The Labute approximate surface area is 216 Å². The highest BCUT2D eigenvalue weighted by atomic mass is 79.9. The van der Waals surface area contributed by atoms with Gasteiger partial charge in [0, 0.05) is 31.9 Å². The lowest BCUT2D eigenvalue weighted by Gasteiger charge is -2.14. The van der Waals surface area contributed by atoms with Crippen molar-refractivity contribution in [2.24, 2.45) is 0 Å². The summed E-state index contributed by atoms with van der Waals surface area (Å²) < 4.78 is 0.933. The first kappa shape index (κ1) is 24.0. The SMILES string of the molecule is Cc1ccc(-c2cc(-c3ccccc3Cl)c(C#N)c(SCC(=O)Nc3ccc(Br)cc3)n2)cc1. The molecule has 0 aliphatic heterocycles. The van der Waals surface area contributed by atoms with Crippen LogP contribution >= 0.6 is 39.3 Å². The average molecular weight is 549 g/mol. The molecule has 1 aromatic heterocycles. The summed E-state index contributed by atoms with van der Waals surface area (Å²) in [4.78, 5) is 17.4. The third-order valence-electron chi connectivity index (χ3n) is 5.08. The number of aromatic nitrogens is 1. The van der Waals surface area contributed by atoms with E-state index in [-0.39, 0.29) is 11.7 Å². The molecule has 4 nitrogen and oxygen atoms in total. The van der Waals surface area contributed by atoms with Crippen LogP contribution in [0.15, 0.2) is 88.4 Å². The minimum Gasteiger partial charge on any atom is -0.325 e. The van der Waals surface area contributed by atoms with Crippen LogP contribution in [0, 0.1) is 18.3 Å². The molecule has 3 aromatic carbocycles. The van der Waals surface area contributed by atoms with Gasteiger partial charge >= 0.3 is 0 Å². The Morgan fingerprint density at radius 2 is 1.76 bits per heavy atom. The monoisotopic (exact) mass is 547 g/mol. The number of hydrogen-bond donors (Lipinski definition) is 1. The summed E-state index contributed by atoms with van der Waals surface area (Å²) in [6, 6.07) is 27.0. The minimum absolute atomic E-state index is 0.108. The van der Waals surface area contributed by atoms with E-state index in [2.05, 4.69) is 27.3 Å². The summed E-state index contributed by atoms with van der Waals surface area (Å²) in [6.45, 7) is 2.02. The lowest BCUT2D eigenvalue weighted by atomic mass is 9.99. The molecule has 0 aliphatic rings. The molecule has 0 bridgehead atoms. The van der Waals surface area contributed by atoms with Crippen LogP contribution in [0.2, 0.25) is 5.02 Å². The van der Waals surface area contributed by atoms with Crippen molar-refractivity contribution in [3.63, 3.8) is 0 Å². The Bertz CT molecular complexity index is 1380. The summed E-state index contributed by atoms with van der Waals surface area (Å²) >= 11 is 11.1. The van der Waals surface area contributed by atoms with E-state index in [0.717, 1.165) is 21.2 Å². The zero-order chi connectivity index (χ0) is 24.1. The Hall–Kier alpha value is -3.11. The van der Waals surface area contributed by atoms with Gasteiger partial charge < -0.3 is 5.32 Å². The molecule has 4 rings (SSSR count). The van der Waals surface area contributed by atoms with Crippen molar-refractivity contribution >= 4 is 50.9 Å². The number of hydrogen-bond acceptors (Lipinski definition) is 4. The molecule has 1 heterocycles. The number of anilines is 1. The Balaban J connectivity index is 1.70. The molecule has 7 heteroatoms. The van der Waals surface area contributed by atoms with Gasteiger partial charge in [0.25, 0.3) is 0 Å². The third-order valence-corrected chi connectivity index (χ3v) is 6.91. The standard InChI is InChI=1S/C27H19BrClN3OS/c1-17-6-8-18(9-7-17)25-14-22(21-4-2-3-5-24(21)29)23(15-30)27(32-25)34-16-26(33)31-20-12-10-19(28)11-13-20/h2-14H,16H2,1H3,(H,31,33). The molecule has 1 amide bonds. The Morgan fingerprint density at radius 1 is 1.06 bits per heavy atom. The van der Waals surface area contributed by atoms with Gasteiger partial charge in [-0.15, -0.1) is 0 Å². The number of rotatable bonds is 6. The second-order valence-corrected chi connectivity index (χ2v) is 9.82. The molecule has 0 spiro atoms. The van der Waals surface area contributed by atoms with E-state index in [9.17, 15) is 10.1 Å². The van der Waals surface area contributed by atoms with Crippen LogP contribution in [0.3, 0.4) is 0 Å². The number of nitrogens with zero attached hydrogens (tertiary/aromatic N) is 2. The third kappa shape index (κ3) is 5.68. The van der Waals surface area contributed by atoms with Crippen molar-refractivity contribution in [3.8, 4) is 28.5 Å². The number of halogens is 2. The van der Waals surface area contributed by atoms with Crippen LogP contribution in [-0.4, -0.2) is 16.6 Å². The maximum atomic E-state index is 12.6. The van der Waals surface area contributed by atoms with E-state index in [1.54, 1.807) is 6.07 Å². The van der Waals surface area contributed by atoms with Gasteiger partial charge in [0.15, 0.2) is 0 Å². The number of carbonyl (C=O) groups excluding carboxylic acids is 1. The number of nitrogens with one attached hydrogen (secondary N) is 1. The highest BCUT2D eigenvalue weighted by Crippen LogP contribution is 2.37. The first-order valence-electron chi connectivity index (χ1n) is 10.4. The molecule has 1 N–H and O–H groups in total. The number of benzene rings is 3. The van der Waals surface area contributed by atoms with Crippen molar-refractivity contribution in [2.75, 3.05) is 11.1 Å². The van der Waals surface area contributed by atoms with Gasteiger partial charge in [0.1, 0.15) is 11.1 Å². The van der Waals surface area contributed by atoms with Crippen LogP contribution < -0.4 is 5.32 Å². The molecule has 0 atom stereocenters. The lowest BCUT2D eigenvalue weighted by Crippen LogP contribution is -2.14. The topological polar surface area (TPSA) is 65.8 Å². The smallest absolute Gasteiger partial charge is 0.234 e. The lowest BCUT2D eigenvalue weighted by molar-refractivity contribution is -0.113. The van der Waals surface area contributed by atoms with Crippen LogP contribution in [0.5, 0.6) is 0 Å². The van der Waals surface area contributed by atoms with Crippen molar-refractivity contribution in [1.82, 2.24) is 4.98 Å². The highest BCUT2D eigenvalue weighted by Gasteiger charge is 2.18. The van der Waals surface area contributed by atoms with Gasteiger partial charge in [-0.3, -0.25) is 4.79 Å². The Kier molecular flexibility index (Phi) is 7.69. The van der Waals surface area contributed by atoms with E-state index >= 15 is 0 Å². The molecule has 34 heavy (non-hydrogen) atoms. The fraction of sp³-hybridized carbons (Fsp3) is 0.0741. The summed E-state index contributed by atoms with van der Waals surface area (Å²) in [7, 11) is 0. The number of carbonyl (C=O) groups is 1. The predicted octanol–water partition coefficient (Wildman–Crippen LogP) is 7.74. The number of nitriles is 1. The second-order valence-electron chi connectivity index (χ2n) is 7.54. The largest absolute Gasteiger partial charge is 0.325 e. The van der Waals surface area contributed by atoms with Crippen molar-refractivity contribution in [2.45, 2.75) is 11.9 Å². The van der Waals surface area contributed by atoms with E-state index in [4.69, 9.17) is 16.6 Å². The maximum absolute atomic E-state index is 12.6.